The molecule has 7 heteroatoms. The fraction of sp³-hybridized carbons (Fsp3) is 0.300. The van der Waals surface area contributed by atoms with Crippen LogP contribution in [0.4, 0.5) is 0 Å². The quantitative estimate of drug-likeness (QED) is 0.682. The average molecular weight is 369 g/mol. The van der Waals surface area contributed by atoms with Crippen molar-refractivity contribution in [2.45, 2.75) is 20.0 Å². The SMILES string of the molecule is CCOc1ccc(OCc2nc3cc4c(cc3c(=O)o2)OCCCO4)cc1. The third-order valence-corrected chi connectivity index (χ3v) is 4.04. The van der Waals surface area contributed by atoms with E-state index in [-0.39, 0.29) is 12.5 Å². The van der Waals surface area contributed by atoms with Crippen LogP contribution < -0.4 is 24.6 Å². The Hall–Kier alpha value is -3.22. The molecular formula is C20H19NO6. The molecule has 2 heterocycles. The average Bonchev–Trinajstić information content (AvgIpc) is 2.91. The highest BCUT2D eigenvalue weighted by atomic mass is 16.5. The summed E-state index contributed by atoms with van der Waals surface area (Å²) in [6, 6.07) is 10.5. The molecule has 3 aromatic rings. The van der Waals surface area contributed by atoms with Crippen molar-refractivity contribution in [3.05, 3.63) is 52.7 Å². The number of benzene rings is 2. The van der Waals surface area contributed by atoms with Gasteiger partial charge in [-0.1, -0.05) is 0 Å². The van der Waals surface area contributed by atoms with Crippen LogP contribution >= 0.6 is 0 Å². The van der Waals surface area contributed by atoms with E-state index in [0.29, 0.717) is 48.0 Å². The molecule has 0 N–H and O–H groups in total. The van der Waals surface area contributed by atoms with Crippen molar-refractivity contribution in [2.24, 2.45) is 0 Å². The summed E-state index contributed by atoms with van der Waals surface area (Å²) in [4.78, 5) is 16.7. The van der Waals surface area contributed by atoms with Crippen molar-refractivity contribution in [1.29, 1.82) is 0 Å². The van der Waals surface area contributed by atoms with Crippen LogP contribution in [0.25, 0.3) is 10.9 Å². The summed E-state index contributed by atoms with van der Waals surface area (Å²) in [5.41, 5.74) is 0.00161. The van der Waals surface area contributed by atoms with E-state index in [0.717, 1.165) is 12.2 Å². The fourth-order valence-electron chi connectivity index (χ4n) is 2.78. The maximum Gasteiger partial charge on any atom is 0.347 e. The molecule has 0 aliphatic carbocycles. The molecule has 140 valence electrons. The minimum absolute atomic E-state index is 0.0353. The topological polar surface area (TPSA) is 80.0 Å². The summed E-state index contributed by atoms with van der Waals surface area (Å²) < 4.78 is 27.6. The predicted molar refractivity (Wildman–Crippen MR) is 97.8 cm³/mol. The highest BCUT2D eigenvalue weighted by Gasteiger charge is 2.15. The first-order valence-electron chi connectivity index (χ1n) is 8.82. The van der Waals surface area contributed by atoms with E-state index in [4.69, 9.17) is 23.4 Å². The molecule has 0 saturated carbocycles. The smallest absolute Gasteiger partial charge is 0.347 e. The zero-order valence-electron chi connectivity index (χ0n) is 14.9. The molecular weight excluding hydrogens is 350 g/mol. The van der Waals surface area contributed by atoms with Gasteiger partial charge in [0, 0.05) is 18.6 Å². The van der Waals surface area contributed by atoms with Gasteiger partial charge in [-0.2, -0.15) is 0 Å². The first-order valence-corrected chi connectivity index (χ1v) is 8.82. The van der Waals surface area contributed by atoms with Crippen LogP contribution in [0.5, 0.6) is 23.0 Å². The highest BCUT2D eigenvalue weighted by Crippen LogP contribution is 2.32. The van der Waals surface area contributed by atoms with E-state index in [1.165, 1.54) is 0 Å². The standard InChI is InChI=1S/C20H19NO6/c1-2-23-13-4-6-14(7-5-13)26-12-19-21-16-11-18-17(24-8-3-9-25-18)10-15(16)20(22)27-19/h4-7,10-11H,2-3,8-9,12H2,1H3. The van der Waals surface area contributed by atoms with Crippen molar-refractivity contribution < 1.29 is 23.4 Å². The summed E-state index contributed by atoms with van der Waals surface area (Å²) >= 11 is 0. The molecule has 4 rings (SSSR count). The Balaban J connectivity index is 1.56. The third kappa shape index (κ3) is 3.81. The molecule has 0 unspecified atom stereocenters. The molecule has 0 fully saturated rings. The van der Waals surface area contributed by atoms with Gasteiger partial charge in [-0.3, -0.25) is 0 Å². The van der Waals surface area contributed by atoms with Crippen LogP contribution in [-0.2, 0) is 6.61 Å². The van der Waals surface area contributed by atoms with Gasteiger partial charge in [0.25, 0.3) is 0 Å². The first-order chi connectivity index (χ1) is 13.2. The molecule has 2 aromatic carbocycles. The Morgan fingerprint density at radius 2 is 1.67 bits per heavy atom. The lowest BCUT2D eigenvalue weighted by molar-refractivity contribution is 0.253. The van der Waals surface area contributed by atoms with E-state index in [1.54, 1.807) is 24.3 Å². The van der Waals surface area contributed by atoms with Crippen molar-refractivity contribution >= 4 is 10.9 Å². The number of hydrogen-bond acceptors (Lipinski definition) is 7. The summed E-state index contributed by atoms with van der Waals surface area (Å²) in [6.07, 6.45) is 0.786. The minimum Gasteiger partial charge on any atom is -0.494 e. The van der Waals surface area contributed by atoms with Gasteiger partial charge in [0.2, 0.25) is 5.89 Å². The lowest BCUT2D eigenvalue weighted by Gasteiger charge is -2.09. The number of hydrogen-bond donors (Lipinski definition) is 0. The minimum atomic E-state index is -0.485. The Bertz CT molecular complexity index is 996. The van der Waals surface area contributed by atoms with Crippen LogP contribution in [0.2, 0.25) is 0 Å². The summed E-state index contributed by atoms with van der Waals surface area (Å²) in [5, 5.41) is 0.351. The van der Waals surface area contributed by atoms with Crippen LogP contribution in [0.15, 0.2) is 45.6 Å². The normalized spacial score (nSPS) is 13.2. The maximum absolute atomic E-state index is 12.3. The van der Waals surface area contributed by atoms with Crippen LogP contribution in [0.1, 0.15) is 19.2 Å². The molecule has 0 bridgehead atoms. The predicted octanol–water partition coefficient (Wildman–Crippen LogP) is 3.33. The van der Waals surface area contributed by atoms with E-state index in [1.807, 2.05) is 19.1 Å². The second-order valence-corrected chi connectivity index (χ2v) is 5.95. The zero-order chi connectivity index (χ0) is 18.6. The molecule has 1 aliphatic heterocycles. The van der Waals surface area contributed by atoms with E-state index >= 15 is 0 Å². The summed E-state index contributed by atoms with van der Waals surface area (Å²) in [6.45, 7) is 3.67. The van der Waals surface area contributed by atoms with E-state index in [9.17, 15) is 4.79 Å². The molecule has 7 nitrogen and oxygen atoms in total. The molecule has 27 heavy (non-hydrogen) atoms. The monoisotopic (exact) mass is 369 g/mol. The second kappa shape index (κ2) is 7.57. The van der Waals surface area contributed by atoms with Gasteiger partial charge in [0.1, 0.15) is 11.5 Å². The fourth-order valence-corrected chi connectivity index (χ4v) is 2.78. The first kappa shape index (κ1) is 17.2. The van der Waals surface area contributed by atoms with Crippen LogP contribution in [-0.4, -0.2) is 24.8 Å². The molecule has 0 amide bonds. The number of fused-ring (bicyclic) bond motifs is 2. The van der Waals surface area contributed by atoms with Gasteiger partial charge in [-0.15, -0.1) is 0 Å². The number of rotatable bonds is 5. The molecule has 1 aromatic heterocycles. The molecule has 0 atom stereocenters. The Labute approximate surface area is 155 Å². The largest absolute Gasteiger partial charge is 0.494 e. The van der Waals surface area contributed by atoms with Crippen molar-refractivity contribution in [2.75, 3.05) is 19.8 Å². The summed E-state index contributed by atoms with van der Waals surface area (Å²) in [5.74, 6) is 2.70. The summed E-state index contributed by atoms with van der Waals surface area (Å²) in [7, 11) is 0. The highest BCUT2D eigenvalue weighted by molar-refractivity contribution is 5.81. The number of nitrogens with zero attached hydrogens (tertiary/aromatic N) is 1. The van der Waals surface area contributed by atoms with Crippen LogP contribution in [0.3, 0.4) is 0 Å². The molecule has 0 radical (unpaired) electrons. The lowest BCUT2D eigenvalue weighted by Crippen LogP contribution is -2.08. The van der Waals surface area contributed by atoms with Gasteiger partial charge in [-0.05, 0) is 31.2 Å². The Kier molecular flexibility index (Phi) is 4.82. The third-order valence-electron chi connectivity index (χ3n) is 4.04. The van der Waals surface area contributed by atoms with Gasteiger partial charge < -0.3 is 23.4 Å². The lowest BCUT2D eigenvalue weighted by atomic mass is 10.2. The number of ether oxygens (including phenoxy) is 4. The molecule has 0 spiro atoms. The van der Waals surface area contributed by atoms with Crippen molar-refractivity contribution in [3.8, 4) is 23.0 Å². The van der Waals surface area contributed by atoms with Gasteiger partial charge >= 0.3 is 5.63 Å². The van der Waals surface area contributed by atoms with Crippen LogP contribution in [0, 0.1) is 0 Å². The Morgan fingerprint density at radius 1 is 1.00 bits per heavy atom. The van der Waals surface area contributed by atoms with Gasteiger partial charge in [-0.25, -0.2) is 9.78 Å². The molecule has 1 aliphatic rings. The maximum atomic E-state index is 12.3. The Morgan fingerprint density at radius 3 is 2.37 bits per heavy atom. The van der Waals surface area contributed by atoms with Gasteiger partial charge in [0.15, 0.2) is 18.1 Å². The van der Waals surface area contributed by atoms with Gasteiger partial charge in [0.05, 0.1) is 30.7 Å². The zero-order valence-corrected chi connectivity index (χ0v) is 14.9. The number of aromatic nitrogens is 1. The van der Waals surface area contributed by atoms with E-state index < -0.39 is 5.63 Å². The van der Waals surface area contributed by atoms with Crippen molar-refractivity contribution in [3.63, 3.8) is 0 Å². The van der Waals surface area contributed by atoms with E-state index in [2.05, 4.69) is 4.98 Å². The molecule has 0 saturated heterocycles. The second-order valence-electron chi connectivity index (χ2n) is 5.95. The van der Waals surface area contributed by atoms with Crippen molar-refractivity contribution in [1.82, 2.24) is 4.98 Å².